The van der Waals surface area contributed by atoms with Gasteiger partial charge in [0.2, 0.25) is 0 Å². The van der Waals surface area contributed by atoms with Gasteiger partial charge in [-0.05, 0) is 54.4 Å². The fraction of sp³-hybridized carbons (Fsp3) is 0.278. The Hall–Kier alpha value is -2.01. The zero-order chi connectivity index (χ0) is 16.8. The second kappa shape index (κ2) is 8.02. The van der Waals surface area contributed by atoms with Gasteiger partial charge in [0.15, 0.2) is 0 Å². The summed E-state index contributed by atoms with van der Waals surface area (Å²) in [4.78, 5) is 12.1. The molecule has 0 aromatic heterocycles. The molecule has 3 nitrogen and oxygen atoms in total. The van der Waals surface area contributed by atoms with Crippen LogP contribution in [0.4, 0.5) is 9.18 Å². The first-order valence-electron chi connectivity index (χ1n) is 7.44. The lowest BCUT2D eigenvalue weighted by Crippen LogP contribution is -2.12. The third-order valence-electron chi connectivity index (χ3n) is 3.50. The van der Waals surface area contributed by atoms with Gasteiger partial charge in [-0.25, -0.2) is 4.39 Å². The van der Waals surface area contributed by atoms with Crippen molar-refractivity contribution in [1.82, 2.24) is 5.32 Å². The zero-order valence-corrected chi connectivity index (χ0v) is 14.3. The molecule has 0 fully saturated rings. The molecular formula is C18H20FNO2S. The van der Waals surface area contributed by atoms with Gasteiger partial charge in [0, 0.05) is 17.5 Å². The van der Waals surface area contributed by atoms with Crippen LogP contribution in [0.3, 0.4) is 0 Å². The molecule has 0 heterocycles. The third kappa shape index (κ3) is 4.48. The highest BCUT2D eigenvalue weighted by molar-refractivity contribution is 8.13. The highest BCUT2D eigenvalue weighted by atomic mass is 32.2. The number of thioether (sulfide) groups is 1. The van der Waals surface area contributed by atoms with E-state index >= 15 is 0 Å². The van der Waals surface area contributed by atoms with Crippen LogP contribution in [-0.4, -0.2) is 12.3 Å². The largest absolute Gasteiger partial charge is 0.488 e. The predicted molar refractivity (Wildman–Crippen MR) is 91.6 cm³/mol. The van der Waals surface area contributed by atoms with Crippen molar-refractivity contribution in [3.8, 4) is 5.75 Å². The third-order valence-corrected chi connectivity index (χ3v) is 4.49. The molecule has 2 aromatic rings. The van der Waals surface area contributed by atoms with E-state index in [1.54, 1.807) is 19.2 Å². The van der Waals surface area contributed by atoms with E-state index in [1.165, 1.54) is 11.6 Å². The molecule has 2 aromatic carbocycles. The van der Waals surface area contributed by atoms with Crippen molar-refractivity contribution in [1.29, 1.82) is 0 Å². The molecule has 0 saturated carbocycles. The molecule has 0 bridgehead atoms. The van der Waals surface area contributed by atoms with Crippen LogP contribution in [0, 0.1) is 12.7 Å². The van der Waals surface area contributed by atoms with Crippen molar-refractivity contribution in [3.05, 3.63) is 58.9 Å². The smallest absolute Gasteiger partial charge is 0.283 e. The van der Waals surface area contributed by atoms with Gasteiger partial charge in [0.05, 0.1) is 0 Å². The number of amides is 1. The Morgan fingerprint density at radius 2 is 2.09 bits per heavy atom. The van der Waals surface area contributed by atoms with Crippen LogP contribution < -0.4 is 10.1 Å². The number of aryl methyl sites for hydroxylation is 2. The van der Waals surface area contributed by atoms with Gasteiger partial charge >= 0.3 is 0 Å². The van der Waals surface area contributed by atoms with E-state index < -0.39 is 0 Å². The summed E-state index contributed by atoms with van der Waals surface area (Å²) >= 11 is 0.960. The number of benzene rings is 2. The van der Waals surface area contributed by atoms with Crippen LogP contribution in [0.1, 0.15) is 23.6 Å². The molecule has 0 aliphatic rings. The summed E-state index contributed by atoms with van der Waals surface area (Å²) in [5.41, 5.74) is 2.64. The standard InChI is InChI=1S/C18H20FNO2S/c1-4-13-8-9-16(12(2)10-13)22-11-14-15(19)6-5-7-17(14)23-18(21)20-3/h5-10H,4,11H2,1-3H3,(H,20,21). The summed E-state index contributed by atoms with van der Waals surface area (Å²) in [6, 6.07) is 10.7. The van der Waals surface area contributed by atoms with Crippen LogP contribution in [0.5, 0.6) is 5.75 Å². The van der Waals surface area contributed by atoms with Crippen molar-refractivity contribution in [3.63, 3.8) is 0 Å². The number of ether oxygens (including phenoxy) is 1. The van der Waals surface area contributed by atoms with E-state index in [-0.39, 0.29) is 17.7 Å². The molecule has 0 spiro atoms. The Morgan fingerprint density at radius 1 is 1.30 bits per heavy atom. The minimum atomic E-state index is -0.373. The lowest BCUT2D eigenvalue weighted by atomic mass is 10.1. The first-order chi connectivity index (χ1) is 11.0. The fourth-order valence-corrected chi connectivity index (χ4v) is 2.90. The summed E-state index contributed by atoms with van der Waals surface area (Å²) < 4.78 is 19.9. The van der Waals surface area contributed by atoms with Crippen LogP contribution >= 0.6 is 11.8 Å². The lowest BCUT2D eigenvalue weighted by molar-refractivity contribution is 0.262. The molecular weight excluding hydrogens is 313 g/mol. The second-order valence-electron chi connectivity index (χ2n) is 5.10. The number of halogens is 1. The summed E-state index contributed by atoms with van der Waals surface area (Å²) in [7, 11) is 1.55. The van der Waals surface area contributed by atoms with Gasteiger partial charge in [0.1, 0.15) is 18.2 Å². The highest BCUT2D eigenvalue weighted by Gasteiger charge is 2.13. The minimum absolute atomic E-state index is 0.0817. The van der Waals surface area contributed by atoms with E-state index in [4.69, 9.17) is 4.74 Å². The molecule has 0 saturated heterocycles. The lowest BCUT2D eigenvalue weighted by Gasteiger charge is -2.13. The maximum absolute atomic E-state index is 14.1. The summed E-state index contributed by atoms with van der Waals surface area (Å²) in [6.45, 7) is 4.14. The van der Waals surface area contributed by atoms with Crippen LogP contribution in [0.25, 0.3) is 0 Å². The van der Waals surface area contributed by atoms with Crippen molar-refractivity contribution in [2.24, 2.45) is 0 Å². The van der Waals surface area contributed by atoms with E-state index in [9.17, 15) is 9.18 Å². The second-order valence-corrected chi connectivity index (χ2v) is 6.11. The van der Waals surface area contributed by atoms with Gasteiger partial charge in [0.25, 0.3) is 5.24 Å². The first kappa shape index (κ1) is 17.3. The maximum Gasteiger partial charge on any atom is 0.283 e. The average Bonchev–Trinajstić information content (AvgIpc) is 2.55. The Balaban J connectivity index is 2.18. The zero-order valence-electron chi connectivity index (χ0n) is 13.5. The van der Waals surface area contributed by atoms with E-state index in [0.29, 0.717) is 10.5 Å². The molecule has 0 aliphatic heterocycles. The van der Waals surface area contributed by atoms with Crippen LogP contribution in [0.2, 0.25) is 0 Å². The highest BCUT2D eigenvalue weighted by Crippen LogP contribution is 2.28. The van der Waals surface area contributed by atoms with E-state index in [1.807, 2.05) is 19.1 Å². The van der Waals surface area contributed by atoms with Crippen LogP contribution in [0.15, 0.2) is 41.3 Å². The number of nitrogens with one attached hydrogen (secondary N) is 1. The van der Waals surface area contributed by atoms with Gasteiger partial charge in [-0.15, -0.1) is 0 Å². The molecule has 23 heavy (non-hydrogen) atoms. The predicted octanol–water partition coefficient (Wildman–Crippen LogP) is 4.71. The number of rotatable bonds is 5. The Bertz CT molecular complexity index is 703. The normalized spacial score (nSPS) is 10.4. The molecule has 0 aliphatic carbocycles. The molecule has 0 unspecified atom stereocenters. The van der Waals surface area contributed by atoms with Gasteiger partial charge < -0.3 is 10.1 Å². The van der Waals surface area contributed by atoms with Gasteiger partial charge in [-0.3, -0.25) is 4.79 Å². The number of hydrogen-bond acceptors (Lipinski definition) is 3. The van der Waals surface area contributed by atoms with Crippen molar-refractivity contribution in [2.45, 2.75) is 31.8 Å². The number of carbonyl (C=O) groups is 1. The monoisotopic (exact) mass is 333 g/mol. The van der Waals surface area contributed by atoms with Crippen molar-refractivity contribution >= 4 is 17.0 Å². The Morgan fingerprint density at radius 3 is 2.74 bits per heavy atom. The molecule has 5 heteroatoms. The molecule has 1 amide bonds. The van der Waals surface area contributed by atoms with E-state index in [2.05, 4.69) is 18.3 Å². The molecule has 122 valence electrons. The summed E-state index contributed by atoms with van der Waals surface area (Å²) in [6.07, 6.45) is 0.960. The van der Waals surface area contributed by atoms with Crippen LogP contribution in [-0.2, 0) is 13.0 Å². The first-order valence-corrected chi connectivity index (χ1v) is 8.26. The maximum atomic E-state index is 14.1. The average molecular weight is 333 g/mol. The number of hydrogen-bond donors (Lipinski definition) is 1. The van der Waals surface area contributed by atoms with Gasteiger partial charge in [-0.2, -0.15) is 0 Å². The minimum Gasteiger partial charge on any atom is -0.488 e. The summed E-state index contributed by atoms with van der Waals surface area (Å²) in [5.74, 6) is 0.350. The molecule has 1 N–H and O–H groups in total. The van der Waals surface area contributed by atoms with Gasteiger partial charge in [-0.1, -0.05) is 25.1 Å². The SMILES string of the molecule is CCc1ccc(OCc2c(F)cccc2SC(=O)NC)c(C)c1. The fourth-order valence-electron chi connectivity index (χ4n) is 2.17. The quantitative estimate of drug-likeness (QED) is 0.806. The molecule has 0 atom stereocenters. The van der Waals surface area contributed by atoms with Crippen molar-refractivity contribution < 1.29 is 13.9 Å². The van der Waals surface area contributed by atoms with E-state index in [0.717, 1.165) is 29.5 Å². The topological polar surface area (TPSA) is 38.3 Å². The molecule has 2 rings (SSSR count). The number of carbonyl (C=O) groups excluding carboxylic acids is 1. The summed E-state index contributed by atoms with van der Waals surface area (Å²) in [5, 5.41) is 2.28. The van der Waals surface area contributed by atoms with Crippen molar-refractivity contribution in [2.75, 3.05) is 7.05 Å². The Labute approximate surface area is 140 Å². The Kier molecular flexibility index (Phi) is 6.04. The molecule has 0 radical (unpaired) electrons.